The van der Waals surface area contributed by atoms with Crippen molar-refractivity contribution in [1.82, 2.24) is 5.32 Å². The Bertz CT molecular complexity index is 873. The Morgan fingerprint density at radius 3 is 2.50 bits per heavy atom. The Kier molecular flexibility index (Phi) is 9.44. The van der Waals surface area contributed by atoms with E-state index in [1.807, 2.05) is 13.8 Å². The van der Waals surface area contributed by atoms with Crippen LogP contribution in [0.2, 0.25) is 5.02 Å². The first-order valence-corrected chi connectivity index (χ1v) is 10.2. The molecule has 2 rings (SSSR count). The third kappa shape index (κ3) is 6.37. The predicted octanol–water partition coefficient (Wildman–Crippen LogP) is 4.16. The summed E-state index contributed by atoms with van der Waals surface area (Å²) >= 11 is 6.34. The van der Waals surface area contributed by atoms with Crippen LogP contribution in [-0.2, 0) is 4.74 Å². The topological polar surface area (TPSA) is 85.9 Å². The van der Waals surface area contributed by atoms with Crippen molar-refractivity contribution in [1.29, 1.82) is 0 Å². The fourth-order valence-corrected chi connectivity index (χ4v) is 2.92. The second kappa shape index (κ2) is 12.0. The second-order valence-electron chi connectivity index (χ2n) is 6.32. The zero-order valence-corrected chi connectivity index (χ0v) is 18.2. The summed E-state index contributed by atoms with van der Waals surface area (Å²) in [5.74, 6) is 0.0837. The molecule has 0 aliphatic rings. The number of nitrogens with one attached hydrogen (secondary N) is 2. The molecule has 0 spiro atoms. The van der Waals surface area contributed by atoms with E-state index in [-0.39, 0.29) is 10.9 Å². The SMILES string of the molecule is CCCOc1c(Cl)cc(C(=O)Nc2ccccc2C(=O)NCCOC)cc1OCC. The van der Waals surface area contributed by atoms with Gasteiger partial charge in [0.05, 0.1) is 36.1 Å². The molecule has 7 nitrogen and oxygen atoms in total. The van der Waals surface area contributed by atoms with E-state index in [2.05, 4.69) is 10.6 Å². The summed E-state index contributed by atoms with van der Waals surface area (Å²) < 4.78 is 16.2. The molecular weight excluding hydrogens is 408 g/mol. The molecule has 162 valence electrons. The van der Waals surface area contributed by atoms with Crippen LogP contribution in [-0.4, -0.2) is 45.3 Å². The molecule has 0 heterocycles. The minimum absolute atomic E-state index is 0.283. The predicted molar refractivity (Wildman–Crippen MR) is 117 cm³/mol. The summed E-state index contributed by atoms with van der Waals surface area (Å²) in [5.41, 5.74) is 1.03. The van der Waals surface area contributed by atoms with Gasteiger partial charge < -0.3 is 24.8 Å². The van der Waals surface area contributed by atoms with Crippen LogP contribution in [0.1, 0.15) is 41.0 Å². The van der Waals surface area contributed by atoms with Crippen molar-refractivity contribution in [3.8, 4) is 11.5 Å². The van der Waals surface area contributed by atoms with Crippen molar-refractivity contribution >= 4 is 29.1 Å². The summed E-state index contributed by atoms with van der Waals surface area (Å²) in [4.78, 5) is 25.3. The molecule has 0 saturated carbocycles. The Labute approximate surface area is 181 Å². The normalized spacial score (nSPS) is 10.4. The zero-order valence-electron chi connectivity index (χ0n) is 17.4. The van der Waals surface area contributed by atoms with Gasteiger partial charge in [-0.2, -0.15) is 0 Å². The van der Waals surface area contributed by atoms with Crippen LogP contribution in [0.25, 0.3) is 0 Å². The van der Waals surface area contributed by atoms with E-state index >= 15 is 0 Å². The smallest absolute Gasteiger partial charge is 0.255 e. The van der Waals surface area contributed by atoms with Gasteiger partial charge in [0.2, 0.25) is 0 Å². The first kappa shape index (κ1) is 23.5. The van der Waals surface area contributed by atoms with E-state index in [1.54, 1.807) is 37.4 Å². The number of ether oxygens (including phenoxy) is 3. The molecule has 0 fully saturated rings. The van der Waals surface area contributed by atoms with Crippen LogP contribution in [0.15, 0.2) is 36.4 Å². The zero-order chi connectivity index (χ0) is 21.9. The molecule has 0 unspecified atom stereocenters. The lowest BCUT2D eigenvalue weighted by Crippen LogP contribution is -2.28. The Morgan fingerprint density at radius 1 is 1.03 bits per heavy atom. The number of hydrogen-bond donors (Lipinski definition) is 2. The molecule has 0 saturated heterocycles. The summed E-state index contributed by atoms with van der Waals surface area (Å²) in [7, 11) is 1.56. The highest BCUT2D eigenvalue weighted by molar-refractivity contribution is 6.32. The molecule has 0 radical (unpaired) electrons. The Hall–Kier alpha value is -2.77. The van der Waals surface area contributed by atoms with Gasteiger partial charge in [-0.1, -0.05) is 30.7 Å². The summed E-state index contributed by atoms with van der Waals surface area (Å²) in [6, 6.07) is 9.86. The van der Waals surface area contributed by atoms with Crippen molar-refractivity contribution in [3.05, 3.63) is 52.5 Å². The van der Waals surface area contributed by atoms with E-state index in [1.165, 1.54) is 6.07 Å². The van der Waals surface area contributed by atoms with Gasteiger partial charge in [0.25, 0.3) is 11.8 Å². The van der Waals surface area contributed by atoms with Gasteiger partial charge >= 0.3 is 0 Å². The molecule has 0 aliphatic carbocycles. The summed E-state index contributed by atoms with van der Waals surface area (Å²) in [6.45, 7) is 5.46. The van der Waals surface area contributed by atoms with Gasteiger partial charge in [0, 0.05) is 19.2 Å². The van der Waals surface area contributed by atoms with E-state index in [4.69, 9.17) is 25.8 Å². The molecule has 0 atom stereocenters. The highest BCUT2D eigenvalue weighted by atomic mass is 35.5. The average Bonchev–Trinajstić information content (AvgIpc) is 2.73. The lowest BCUT2D eigenvalue weighted by Gasteiger charge is -2.15. The molecular formula is C22H27ClN2O5. The third-order valence-electron chi connectivity index (χ3n) is 4.03. The molecule has 2 aromatic carbocycles. The lowest BCUT2D eigenvalue weighted by molar-refractivity contribution is 0.0938. The van der Waals surface area contributed by atoms with Crippen LogP contribution >= 0.6 is 11.6 Å². The van der Waals surface area contributed by atoms with E-state index in [0.717, 1.165) is 6.42 Å². The lowest BCUT2D eigenvalue weighted by atomic mass is 10.1. The molecule has 2 N–H and O–H groups in total. The number of rotatable bonds is 11. The fraction of sp³-hybridized carbons (Fsp3) is 0.364. The number of halogens is 1. The minimum Gasteiger partial charge on any atom is -0.490 e. The van der Waals surface area contributed by atoms with Gasteiger partial charge in [-0.3, -0.25) is 9.59 Å². The number of methoxy groups -OCH3 is 1. The fourth-order valence-electron chi connectivity index (χ4n) is 2.65. The van der Waals surface area contributed by atoms with Gasteiger partial charge in [-0.05, 0) is 37.6 Å². The van der Waals surface area contributed by atoms with E-state index < -0.39 is 5.91 Å². The van der Waals surface area contributed by atoms with Gasteiger partial charge in [0.15, 0.2) is 11.5 Å². The first-order chi connectivity index (χ1) is 14.5. The maximum absolute atomic E-state index is 12.9. The highest BCUT2D eigenvalue weighted by Crippen LogP contribution is 2.37. The Morgan fingerprint density at radius 2 is 1.80 bits per heavy atom. The molecule has 2 amide bonds. The maximum Gasteiger partial charge on any atom is 0.255 e. The minimum atomic E-state index is -0.419. The van der Waals surface area contributed by atoms with Gasteiger partial charge in [0.1, 0.15) is 0 Å². The molecule has 0 aliphatic heterocycles. The number of hydrogen-bond acceptors (Lipinski definition) is 5. The van der Waals surface area contributed by atoms with Crippen molar-refractivity contribution in [2.75, 3.05) is 38.8 Å². The van der Waals surface area contributed by atoms with E-state index in [0.29, 0.717) is 54.7 Å². The molecule has 8 heteroatoms. The van der Waals surface area contributed by atoms with Crippen LogP contribution in [0, 0.1) is 0 Å². The van der Waals surface area contributed by atoms with Crippen LogP contribution in [0.3, 0.4) is 0 Å². The summed E-state index contributed by atoms with van der Waals surface area (Å²) in [5, 5.41) is 5.80. The molecule has 0 bridgehead atoms. The molecule has 0 aromatic heterocycles. The number of anilines is 1. The standard InChI is InChI=1S/C22H27ClN2O5/c1-4-11-30-20-17(23)13-15(14-19(20)29-5-2)21(26)25-18-9-7-6-8-16(18)22(27)24-10-12-28-3/h6-9,13-14H,4-5,10-12H2,1-3H3,(H,24,27)(H,25,26). The van der Waals surface area contributed by atoms with Crippen LogP contribution < -0.4 is 20.1 Å². The number of amides is 2. The quantitative estimate of drug-likeness (QED) is 0.519. The largest absolute Gasteiger partial charge is 0.490 e. The van der Waals surface area contributed by atoms with Gasteiger partial charge in [-0.15, -0.1) is 0 Å². The van der Waals surface area contributed by atoms with E-state index in [9.17, 15) is 9.59 Å². The van der Waals surface area contributed by atoms with Crippen molar-refractivity contribution in [2.24, 2.45) is 0 Å². The Balaban J connectivity index is 2.25. The van der Waals surface area contributed by atoms with Crippen molar-refractivity contribution < 1.29 is 23.8 Å². The third-order valence-corrected chi connectivity index (χ3v) is 4.31. The first-order valence-electron chi connectivity index (χ1n) is 9.78. The molecule has 2 aromatic rings. The van der Waals surface area contributed by atoms with Gasteiger partial charge in [-0.25, -0.2) is 0 Å². The number of para-hydroxylation sites is 1. The number of benzene rings is 2. The number of carbonyl (C=O) groups excluding carboxylic acids is 2. The highest BCUT2D eigenvalue weighted by Gasteiger charge is 2.18. The maximum atomic E-state index is 12.9. The van der Waals surface area contributed by atoms with Crippen molar-refractivity contribution in [3.63, 3.8) is 0 Å². The van der Waals surface area contributed by atoms with Crippen molar-refractivity contribution in [2.45, 2.75) is 20.3 Å². The van der Waals surface area contributed by atoms with Crippen LogP contribution in [0.4, 0.5) is 5.69 Å². The summed E-state index contributed by atoms with van der Waals surface area (Å²) in [6.07, 6.45) is 0.813. The average molecular weight is 435 g/mol. The monoisotopic (exact) mass is 434 g/mol. The number of carbonyl (C=O) groups is 2. The molecule has 30 heavy (non-hydrogen) atoms. The van der Waals surface area contributed by atoms with Crippen LogP contribution in [0.5, 0.6) is 11.5 Å². The second-order valence-corrected chi connectivity index (χ2v) is 6.72.